The van der Waals surface area contributed by atoms with Gasteiger partial charge in [-0.1, -0.05) is 20.8 Å². The Bertz CT molecular complexity index is 457. The summed E-state index contributed by atoms with van der Waals surface area (Å²) >= 11 is 0. The molecule has 3 N–H and O–H groups in total. The number of sulfonamides is 1. The van der Waals surface area contributed by atoms with Crippen LogP contribution < -0.4 is 10.0 Å². The molecule has 0 aliphatic heterocycles. The normalized spacial score (nSPS) is 12.9. The first-order valence-corrected chi connectivity index (χ1v) is 7.04. The van der Waals surface area contributed by atoms with Gasteiger partial charge in [0.2, 0.25) is 10.0 Å². The highest BCUT2D eigenvalue weighted by atomic mass is 32.2. The molecular formula is C11H21N3O2S. The van der Waals surface area contributed by atoms with Crippen molar-refractivity contribution in [2.24, 2.45) is 5.41 Å². The van der Waals surface area contributed by atoms with Crippen LogP contribution in [0.2, 0.25) is 0 Å². The topological polar surface area (TPSA) is 74.0 Å². The highest BCUT2D eigenvalue weighted by Gasteiger charge is 2.19. The largest absolute Gasteiger partial charge is 0.363 e. The first-order chi connectivity index (χ1) is 7.74. The molecule has 5 nitrogen and oxygen atoms in total. The minimum Gasteiger partial charge on any atom is -0.363 e. The maximum Gasteiger partial charge on any atom is 0.242 e. The second-order valence-corrected chi connectivity index (χ2v) is 7.04. The maximum absolute atomic E-state index is 11.9. The first kappa shape index (κ1) is 14.2. The summed E-state index contributed by atoms with van der Waals surface area (Å²) in [6.07, 6.45) is 1.51. The van der Waals surface area contributed by atoms with Crippen LogP contribution in [-0.4, -0.2) is 27.0 Å². The molecule has 98 valence electrons. The van der Waals surface area contributed by atoms with Crippen LogP contribution >= 0.6 is 0 Å². The van der Waals surface area contributed by atoms with Gasteiger partial charge in [0.15, 0.2) is 0 Å². The van der Waals surface area contributed by atoms with Crippen molar-refractivity contribution in [1.29, 1.82) is 0 Å². The van der Waals surface area contributed by atoms with Gasteiger partial charge in [0, 0.05) is 25.0 Å². The van der Waals surface area contributed by atoms with E-state index in [0.717, 1.165) is 5.69 Å². The number of nitrogens with one attached hydrogen (secondary N) is 3. The zero-order chi connectivity index (χ0) is 13.1. The highest BCUT2D eigenvalue weighted by molar-refractivity contribution is 7.89. The molecule has 0 atom stereocenters. The van der Waals surface area contributed by atoms with Crippen LogP contribution in [0.4, 0.5) is 0 Å². The fraction of sp³-hybridized carbons (Fsp3) is 0.636. The third-order valence-electron chi connectivity index (χ3n) is 2.19. The van der Waals surface area contributed by atoms with E-state index in [1.54, 1.807) is 6.07 Å². The van der Waals surface area contributed by atoms with Gasteiger partial charge < -0.3 is 10.3 Å². The predicted octanol–water partition coefficient (Wildman–Crippen LogP) is 1.06. The number of aromatic amines is 1. The molecule has 0 bridgehead atoms. The third-order valence-corrected chi connectivity index (χ3v) is 3.57. The summed E-state index contributed by atoms with van der Waals surface area (Å²) in [7, 11) is -1.59. The second kappa shape index (κ2) is 5.20. The SMILES string of the molecule is CNCc1cc(S(=O)(=O)NCC(C)(C)C)c[nH]1. The zero-order valence-corrected chi connectivity index (χ0v) is 11.6. The van der Waals surface area contributed by atoms with Gasteiger partial charge >= 0.3 is 0 Å². The van der Waals surface area contributed by atoms with Gasteiger partial charge in [-0.2, -0.15) is 0 Å². The quantitative estimate of drug-likeness (QED) is 0.740. The highest BCUT2D eigenvalue weighted by Crippen LogP contribution is 2.14. The van der Waals surface area contributed by atoms with Crippen molar-refractivity contribution in [3.63, 3.8) is 0 Å². The smallest absolute Gasteiger partial charge is 0.242 e. The van der Waals surface area contributed by atoms with Crippen LogP contribution in [0.3, 0.4) is 0 Å². The van der Waals surface area contributed by atoms with E-state index in [4.69, 9.17) is 0 Å². The van der Waals surface area contributed by atoms with Gasteiger partial charge in [0.25, 0.3) is 0 Å². The molecule has 0 saturated heterocycles. The lowest BCUT2D eigenvalue weighted by Crippen LogP contribution is -2.32. The van der Waals surface area contributed by atoms with Crippen LogP contribution in [0.25, 0.3) is 0 Å². The van der Waals surface area contributed by atoms with Crippen molar-refractivity contribution in [2.45, 2.75) is 32.2 Å². The number of aromatic nitrogens is 1. The summed E-state index contributed by atoms with van der Waals surface area (Å²) in [5.74, 6) is 0. The number of rotatable bonds is 5. The number of hydrogen-bond donors (Lipinski definition) is 3. The minimum atomic E-state index is -3.40. The van der Waals surface area contributed by atoms with Crippen LogP contribution in [0.1, 0.15) is 26.5 Å². The fourth-order valence-electron chi connectivity index (χ4n) is 1.26. The van der Waals surface area contributed by atoms with E-state index in [2.05, 4.69) is 15.0 Å². The second-order valence-electron chi connectivity index (χ2n) is 5.28. The van der Waals surface area contributed by atoms with Gasteiger partial charge in [0.1, 0.15) is 0 Å². The Morgan fingerprint density at radius 2 is 2.00 bits per heavy atom. The molecule has 0 unspecified atom stereocenters. The molecule has 0 spiro atoms. The van der Waals surface area contributed by atoms with Crippen molar-refractivity contribution >= 4 is 10.0 Å². The Kier molecular flexibility index (Phi) is 4.35. The van der Waals surface area contributed by atoms with Gasteiger partial charge in [-0.15, -0.1) is 0 Å². The summed E-state index contributed by atoms with van der Waals surface area (Å²) in [5.41, 5.74) is 0.778. The molecule has 1 rings (SSSR count). The summed E-state index contributed by atoms with van der Waals surface area (Å²) in [6, 6.07) is 1.64. The lowest BCUT2D eigenvalue weighted by atomic mass is 9.98. The van der Waals surface area contributed by atoms with Crippen LogP contribution in [0, 0.1) is 5.41 Å². The average molecular weight is 259 g/mol. The van der Waals surface area contributed by atoms with Crippen LogP contribution in [0.5, 0.6) is 0 Å². The Balaban J connectivity index is 2.75. The van der Waals surface area contributed by atoms with Crippen LogP contribution in [-0.2, 0) is 16.6 Å². The molecule has 0 fully saturated rings. The van der Waals surface area contributed by atoms with Crippen molar-refractivity contribution in [3.8, 4) is 0 Å². The van der Waals surface area contributed by atoms with Gasteiger partial charge in [-0.25, -0.2) is 13.1 Å². The lowest BCUT2D eigenvalue weighted by Gasteiger charge is -2.18. The molecular weight excluding hydrogens is 238 g/mol. The van der Waals surface area contributed by atoms with Gasteiger partial charge in [0.05, 0.1) is 4.90 Å². The molecule has 1 aromatic heterocycles. The maximum atomic E-state index is 11.9. The van der Waals surface area contributed by atoms with E-state index in [9.17, 15) is 8.42 Å². The Hall–Kier alpha value is -0.850. The van der Waals surface area contributed by atoms with E-state index in [1.165, 1.54) is 6.20 Å². The molecule has 0 amide bonds. The van der Waals surface area contributed by atoms with Crippen molar-refractivity contribution < 1.29 is 8.42 Å². The molecule has 0 saturated carbocycles. The van der Waals surface area contributed by atoms with Crippen molar-refractivity contribution in [2.75, 3.05) is 13.6 Å². The number of hydrogen-bond acceptors (Lipinski definition) is 3. The van der Waals surface area contributed by atoms with E-state index >= 15 is 0 Å². The molecule has 0 aliphatic carbocycles. The Morgan fingerprint density at radius 1 is 1.35 bits per heavy atom. The first-order valence-electron chi connectivity index (χ1n) is 5.56. The zero-order valence-electron chi connectivity index (χ0n) is 10.8. The molecule has 1 aromatic rings. The van der Waals surface area contributed by atoms with Crippen molar-refractivity contribution in [3.05, 3.63) is 18.0 Å². The lowest BCUT2D eigenvalue weighted by molar-refractivity contribution is 0.407. The van der Waals surface area contributed by atoms with Crippen molar-refractivity contribution in [1.82, 2.24) is 15.0 Å². The van der Waals surface area contributed by atoms with Crippen LogP contribution in [0.15, 0.2) is 17.2 Å². The summed E-state index contributed by atoms with van der Waals surface area (Å²) < 4.78 is 26.5. The minimum absolute atomic E-state index is 0.0722. The summed E-state index contributed by atoms with van der Waals surface area (Å²) in [4.78, 5) is 3.21. The molecule has 1 heterocycles. The Labute approximate surface area is 103 Å². The van der Waals surface area contributed by atoms with Gasteiger partial charge in [-0.05, 0) is 18.5 Å². The van der Waals surface area contributed by atoms with Gasteiger partial charge in [-0.3, -0.25) is 0 Å². The summed E-state index contributed by atoms with van der Waals surface area (Å²) in [6.45, 7) is 6.99. The molecule has 17 heavy (non-hydrogen) atoms. The molecule has 0 radical (unpaired) electrons. The molecule has 6 heteroatoms. The summed E-state index contributed by atoms with van der Waals surface area (Å²) in [5, 5.41) is 2.96. The standard InChI is InChI=1S/C11H21N3O2S/c1-11(2,3)8-14-17(15,16)10-5-9(6-12-4)13-7-10/h5,7,12-14H,6,8H2,1-4H3. The molecule has 0 aromatic carbocycles. The molecule has 0 aliphatic rings. The van der Waals surface area contributed by atoms with E-state index < -0.39 is 10.0 Å². The Morgan fingerprint density at radius 3 is 2.53 bits per heavy atom. The monoisotopic (exact) mass is 259 g/mol. The number of H-pyrrole nitrogens is 1. The van der Waals surface area contributed by atoms with E-state index in [1.807, 2.05) is 27.8 Å². The average Bonchev–Trinajstić information content (AvgIpc) is 2.64. The third kappa shape index (κ3) is 4.49. The van der Waals surface area contributed by atoms with E-state index in [-0.39, 0.29) is 10.3 Å². The predicted molar refractivity (Wildman–Crippen MR) is 68.2 cm³/mol. The fourth-order valence-corrected chi connectivity index (χ4v) is 2.56. The van der Waals surface area contributed by atoms with E-state index in [0.29, 0.717) is 13.1 Å².